The van der Waals surface area contributed by atoms with Crippen LogP contribution in [0, 0.1) is 17.8 Å². The van der Waals surface area contributed by atoms with Crippen molar-refractivity contribution < 1.29 is 4.79 Å². The number of carbonyl (C=O) groups excluding carboxylic acids is 1. The third-order valence-electron chi connectivity index (χ3n) is 3.82. The first-order valence-corrected chi connectivity index (χ1v) is 7.07. The summed E-state index contributed by atoms with van der Waals surface area (Å²) in [7, 11) is 0. The van der Waals surface area contributed by atoms with Gasteiger partial charge in [-0.05, 0) is 37.5 Å². The molecule has 0 spiro atoms. The number of rotatable bonds is 5. The zero-order chi connectivity index (χ0) is 12.8. The largest absolute Gasteiger partial charge is 0.353 e. The van der Waals surface area contributed by atoms with E-state index in [1.807, 2.05) is 0 Å². The van der Waals surface area contributed by atoms with Crippen LogP contribution in [0.25, 0.3) is 0 Å². The van der Waals surface area contributed by atoms with Gasteiger partial charge in [-0.2, -0.15) is 0 Å². The van der Waals surface area contributed by atoms with Crippen LogP contribution in [0.4, 0.5) is 0 Å². The van der Waals surface area contributed by atoms with Crippen LogP contribution in [0.3, 0.4) is 0 Å². The van der Waals surface area contributed by atoms with Gasteiger partial charge < -0.3 is 11.1 Å². The van der Waals surface area contributed by atoms with Crippen LogP contribution in [-0.2, 0) is 4.79 Å². The molecule has 0 saturated heterocycles. The first kappa shape index (κ1) is 14.5. The van der Waals surface area contributed by atoms with Gasteiger partial charge in [0.25, 0.3) is 0 Å². The minimum absolute atomic E-state index is 0.00698. The summed E-state index contributed by atoms with van der Waals surface area (Å²) in [4.78, 5) is 12.1. The SMILES string of the molecule is CCCC(CN)C(=O)NC1CC(C)CC(C)C1. The van der Waals surface area contributed by atoms with Crippen LogP contribution in [0.5, 0.6) is 0 Å². The summed E-state index contributed by atoms with van der Waals surface area (Å²) >= 11 is 0. The van der Waals surface area contributed by atoms with Crippen molar-refractivity contribution in [2.45, 2.75) is 58.9 Å². The van der Waals surface area contributed by atoms with Crippen LogP contribution in [-0.4, -0.2) is 18.5 Å². The molecule has 1 aliphatic carbocycles. The Kier molecular flexibility index (Phi) is 5.96. The quantitative estimate of drug-likeness (QED) is 0.774. The van der Waals surface area contributed by atoms with E-state index in [-0.39, 0.29) is 11.8 Å². The molecule has 100 valence electrons. The second-order valence-corrected chi connectivity index (χ2v) is 5.84. The highest BCUT2D eigenvalue weighted by molar-refractivity contribution is 5.79. The Morgan fingerprint density at radius 2 is 1.88 bits per heavy atom. The molecule has 1 rings (SSSR count). The van der Waals surface area contributed by atoms with Crippen molar-refractivity contribution in [3.8, 4) is 0 Å². The predicted molar refractivity (Wildman–Crippen MR) is 71.6 cm³/mol. The molecule has 0 heterocycles. The number of hydrogen-bond donors (Lipinski definition) is 2. The Hall–Kier alpha value is -0.570. The zero-order valence-electron chi connectivity index (χ0n) is 11.5. The van der Waals surface area contributed by atoms with E-state index >= 15 is 0 Å². The third-order valence-corrected chi connectivity index (χ3v) is 3.82. The summed E-state index contributed by atoms with van der Waals surface area (Å²) in [6, 6.07) is 0.368. The molecule has 0 aromatic rings. The van der Waals surface area contributed by atoms with Crippen molar-refractivity contribution in [3.05, 3.63) is 0 Å². The highest BCUT2D eigenvalue weighted by Crippen LogP contribution is 2.28. The van der Waals surface area contributed by atoms with Crippen molar-refractivity contribution in [2.75, 3.05) is 6.54 Å². The Bertz CT molecular complexity index is 232. The van der Waals surface area contributed by atoms with Gasteiger partial charge in [-0.1, -0.05) is 27.2 Å². The van der Waals surface area contributed by atoms with Gasteiger partial charge in [0, 0.05) is 12.6 Å². The van der Waals surface area contributed by atoms with E-state index in [0.717, 1.165) is 37.5 Å². The molecule has 3 heteroatoms. The maximum absolute atomic E-state index is 12.1. The second-order valence-electron chi connectivity index (χ2n) is 5.84. The monoisotopic (exact) mass is 240 g/mol. The molecule has 3 unspecified atom stereocenters. The molecule has 3 N–H and O–H groups in total. The lowest BCUT2D eigenvalue weighted by atomic mass is 9.80. The van der Waals surface area contributed by atoms with Crippen molar-refractivity contribution in [3.63, 3.8) is 0 Å². The van der Waals surface area contributed by atoms with Crippen LogP contribution in [0.15, 0.2) is 0 Å². The molecular formula is C14H28N2O. The fraction of sp³-hybridized carbons (Fsp3) is 0.929. The lowest BCUT2D eigenvalue weighted by Crippen LogP contribution is -2.44. The summed E-state index contributed by atoms with van der Waals surface area (Å²) in [5.74, 6) is 1.63. The van der Waals surface area contributed by atoms with Gasteiger partial charge in [0.2, 0.25) is 5.91 Å². The van der Waals surface area contributed by atoms with Crippen molar-refractivity contribution in [2.24, 2.45) is 23.5 Å². The summed E-state index contributed by atoms with van der Waals surface area (Å²) in [5.41, 5.74) is 5.66. The van der Waals surface area contributed by atoms with Crippen molar-refractivity contribution in [1.82, 2.24) is 5.32 Å². The summed E-state index contributed by atoms with van der Waals surface area (Å²) < 4.78 is 0. The second kappa shape index (κ2) is 7.00. The predicted octanol–water partition coefficient (Wildman–Crippen LogP) is 2.30. The molecule has 0 bridgehead atoms. The average Bonchev–Trinajstić information content (AvgIpc) is 2.24. The standard InChI is InChI=1S/C14H28N2O/c1-4-5-12(9-15)14(17)16-13-7-10(2)6-11(3)8-13/h10-13H,4-9,15H2,1-3H3,(H,16,17). The fourth-order valence-electron chi connectivity index (χ4n) is 3.09. The van der Waals surface area contributed by atoms with Gasteiger partial charge in [-0.25, -0.2) is 0 Å². The summed E-state index contributed by atoms with van der Waals surface area (Å²) in [6.45, 7) is 7.13. The number of nitrogens with one attached hydrogen (secondary N) is 1. The van der Waals surface area contributed by atoms with Gasteiger partial charge >= 0.3 is 0 Å². The molecule has 0 aromatic heterocycles. The first-order chi connectivity index (χ1) is 8.06. The Morgan fingerprint density at radius 1 is 1.29 bits per heavy atom. The van der Waals surface area contributed by atoms with E-state index in [9.17, 15) is 4.79 Å². The van der Waals surface area contributed by atoms with E-state index in [1.165, 1.54) is 6.42 Å². The van der Waals surface area contributed by atoms with Crippen molar-refractivity contribution in [1.29, 1.82) is 0 Å². The molecule has 1 amide bonds. The lowest BCUT2D eigenvalue weighted by Gasteiger charge is -2.32. The molecule has 17 heavy (non-hydrogen) atoms. The van der Waals surface area contributed by atoms with Gasteiger partial charge in [0.1, 0.15) is 0 Å². The Balaban J connectivity index is 2.43. The van der Waals surface area contributed by atoms with Crippen LogP contribution in [0.1, 0.15) is 52.9 Å². The lowest BCUT2D eigenvalue weighted by molar-refractivity contribution is -0.126. The highest BCUT2D eigenvalue weighted by atomic mass is 16.1. The number of carbonyl (C=O) groups is 1. The van der Waals surface area contributed by atoms with Crippen LogP contribution < -0.4 is 11.1 Å². The zero-order valence-corrected chi connectivity index (χ0v) is 11.5. The van der Waals surface area contributed by atoms with E-state index in [2.05, 4.69) is 26.1 Å². The Labute approximate surface area is 106 Å². The highest BCUT2D eigenvalue weighted by Gasteiger charge is 2.26. The van der Waals surface area contributed by atoms with Gasteiger partial charge in [-0.15, -0.1) is 0 Å². The third kappa shape index (κ3) is 4.66. The number of nitrogens with two attached hydrogens (primary N) is 1. The molecule has 1 fully saturated rings. The Morgan fingerprint density at radius 3 is 2.35 bits per heavy atom. The molecule has 3 atom stereocenters. The van der Waals surface area contributed by atoms with E-state index < -0.39 is 0 Å². The fourth-order valence-corrected chi connectivity index (χ4v) is 3.09. The normalized spacial score (nSPS) is 30.9. The topological polar surface area (TPSA) is 55.1 Å². The number of amides is 1. The summed E-state index contributed by atoms with van der Waals surface area (Å²) in [6.07, 6.45) is 5.47. The van der Waals surface area contributed by atoms with E-state index in [1.54, 1.807) is 0 Å². The molecule has 1 saturated carbocycles. The van der Waals surface area contributed by atoms with Gasteiger partial charge in [0.15, 0.2) is 0 Å². The smallest absolute Gasteiger partial charge is 0.224 e. The van der Waals surface area contributed by atoms with E-state index in [0.29, 0.717) is 12.6 Å². The first-order valence-electron chi connectivity index (χ1n) is 7.07. The molecule has 3 nitrogen and oxygen atoms in total. The molecular weight excluding hydrogens is 212 g/mol. The van der Waals surface area contributed by atoms with Gasteiger partial charge in [0.05, 0.1) is 5.92 Å². The summed E-state index contributed by atoms with van der Waals surface area (Å²) in [5, 5.41) is 3.20. The van der Waals surface area contributed by atoms with Crippen LogP contribution >= 0.6 is 0 Å². The maximum atomic E-state index is 12.1. The minimum atomic E-state index is 0.00698. The van der Waals surface area contributed by atoms with Crippen LogP contribution in [0.2, 0.25) is 0 Å². The molecule has 0 aliphatic heterocycles. The number of hydrogen-bond acceptors (Lipinski definition) is 2. The minimum Gasteiger partial charge on any atom is -0.353 e. The molecule has 1 aliphatic rings. The van der Waals surface area contributed by atoms with E-state index in [4.69, 9.17) is 5.73 Å². The molecule has 0 aromatic carbocycles. The van der Waals surface area contributed by atoms with Gasteiger partial charge in [-0.3, -0.25) is 4.79 Å². The maximum Gasteiger partial charge on any atom is 0.224 e. The van der Waals surface area contributed by atoms with Crippen molar-refractivity contribution >= 4 is 5.91 Å². The average molecular weight is 240 g/mol. The molecule has 0 radical (unpaired) electrons.